The summed E-state index contributed by atoms with van der Waals surface area (Å²) < 4.78 is 16.2. The summed E-state index contributed by atoms with van der Waals surface area (Å²) in [6, 6.07) is 12.6. The van der Waals surface area contributed by atoms with Crippen LogP contribution in [0.5, 0.6) is 11.5 Å². The molecule has 25 heavy (non-hydrogen) atoms. The number of anilines is 1. The maximum Gasteiger partial charge on any atom is 0.255 e. The van der Waals surface area contributed by atoms with Crippen molar-refractivity contribution in [2.75, 3.05) is 26.1 Å². The van der Waals surface area contributed by atoms with Crippen LogP contribution in [0.25, 0.3) is 0 Å². The van der Waals surface area contributed by atoms with E-state index in [-0.39, 0.29) is 5.91 Å². The zero-order chi connectivity index (χ0) is 18.1. The Balaban J connectivity index is 2.10. The summed E-state index contributed by atoms with van der Waals surface area (Å²) in [5.74, 6) is 1.22. The van der Waals surface area contributed by atoms with Gasteiger partial charge in [0, 0.05) is 29.5 Å². The minimum atomic E-state index is -0.189. The lowest BCUT2D eigenvalue weighted by molar-refractivity contribution is 0.102. The molecule has 5 heteroatoms. The third kappa shape index (κ3) is 5.50. The first-order chi connectivity index (χ1) is 12.2. The predicted molar refractivity (Wildman–Crippen MR) is 98.5 cm³/mol. The summed E-state index contributed by atoms with van der Waals surface area (Å²) in [7, 11) is 3.20. The highest BCUT2D eigenvalue weighted by molar-refractivity contribution is 6.04. The highest BCUT2D eigenvalue weighted by Gasteiger charge is 2.11. The Labute approximate surface area is 148 Å². The molecule has 1 amide bonds. The van der Waals surface area contributed by atoms with E-state index in [0.29, 0.717) is 30.2 Å². The Hall–Kier alpha value is -2.53. The molecule has 0 unspecified atom stereocenters. The van der Waals surface area contributed by atoms with Gasteiger partial charge in [0.25, 0.3) is 5.91 Å². The molecule has 0 saturated carbocycles. The van der Waals surface area contributed by atoms with Crippen LogP contribution in [0.1, 0.15) is 35.7 Å². The van der Waals surface area contributed by atoms with E-state index in [1.165, 1.54) is 0 Å². The smallest absolute Gasteiger partial charge is 0.255 e. The number of rotatable bonds is 9. The van der Waals surface area contributed by atoms with Crippen molar-refractivity contribution in [2.45, 2.75) is 26.4 Å². The first kappa shape index (κ1) is 18.8. The normalized spacial score (nSPS) is 10.4. The van der Waals surface area contributed by atoms with Gasteiger partial charge in [-0.2, -0.15) is 0 Å². The molecule has 2 aromatic carbocycles. The molecule has 2 aromatic rings. The Morgan fingerprint density at radius 3 is 2.64 bits per heavy atom. The van der Waals surface area contributed by atoms with Gasteiger partial charge in [-0.25, -0.2) is 0 Å². The van der Waals surface area contributed by atoms with Crippen molar-refractivity contribution in [1.82, 2.24) is 0 Å². The summed E-state index contributed by atoms with van der Waals surface area (Å²) in [4.78, 5) is 12.5. The summed E-state index contributed by atoms with van der Waals surface area (Å²) in [5, 5.41) is 2.87. The molecule has 1 N–H and O–H groups in total. The number of hydrogen-bond acceptors (Lipinski definition) is 4. The minimum Gasteiger partial charge on any atom is -0.497 e. The van der Waals surface area contributed by atoms with Crippen molar-refractivity contribution in [3.63, 3.8) is 0 Å². The van der Waals surface area contributed by atoms with E-state index < -0.39 is 0 Å². The lowest BCUT2D eigenvalue weighted by Crippen LogP contribution is -2.12. The van der Waals surface area contributed by atoms with Crippen molar-refractivity contribution in [1.29, 1.82) is 0 Å². The Bertz CT molecular complexity index is 700. The average Bonchev–Trinajstić information content (AvgIpc) is 2.65. The maximum absolute atomic E-state index is 12.5. The third-order valence-electron chi connectivity index (χ3n) is 3.77. The zero-order valence-electron chi connectivity index (χ0n) is 15.0. The Kier molecular flexibility index (Phi) is 7.29. The summed E-state index contributed by atoms with van der Waals surface area (Å²) in [6.07, 6.45) is 2.10. The molecular weight excluding hydrogens is 318 g/mol. The van der Waals surface area contributed by atoms with Crippen molar-refractivity contribution >= 4 is 11.6 Å². The van der Waals surface area contributed by atoms with Crippen LogP contribution in [0, 0.1) is 0 Å². The lowest BCUT2D eigenvalue weighted by Gasteiger charge is -2.12. The molecule has 0 saturated heterocycles. The predicted octanol–water partition coefficient (Wildman–Crippen LogP) is 4.27. The van der Waals surface area contributed by atoms with Crippen LogP contribution >= 0.6 is 0 Å². The Morgan fingerprint density at radius 1 is 1.08 bits per heavy atom. The van der Waals surface area contributed by atoms with Gasteiger partial charge in [-0.1, -0.05) is 19.4 Å². The van der Waals surface area contributed by atoms with Gasteiger partial charge in [-0.3, -0.25) is 4.79 Å². The molecule has 0 atom stereocenters. The molecule has 0 fully saturated rings. The van der Waals surface area contributed by atoms with E-state index in [0.717, 1.165) is 24.2 Å². The van der Waals surface area contributed by atoms with E-state index in [1.54, 1.807) is 38.5 Å². The van der Waals surface area contributed by atoms with Gasteiger partial charge in [0.05, 0.1) is 20.8 Å². The number of carbonyl (C=O) groups is 1. The molecule has 0 aromatic heterocycles. The topological polar surface area (TPSA) is 56.8 Å². The molecule has 0 bridgehead atoms. The third-order valence-corrected chi connectivity index (χ3v) is 3.77. The van der Waals surface area contributed by atoms with Crippen LogP contribution in [0.3, 0.4) is 0 Å². The molecular formula is C20H25NO4. The number of methoxy groups -OCH3 is 2. The zero-order valence-corrected chi connectivity index (χ0v) is 15.0. The second-order valence-corrected chi connectivity index (χ2v) is 5.62. The van der Waals surface area contributed by atoms with Gasteiger partial charge < -0.3 is 19.5 Å². The SMILES string of the molecule is CCCCOCc1cc(C(=O)Nc2cccc(OC)c2)ccc1OC. The van der Waals surface area contributed by atoms with Gasteiger partial charge in [0.2, 0.25) is 0 Å². The quantitative estimate of drug-likeness (QED) is 0.691. The number of ether oxygens (including phenoxy) is 3. The van der Waals surface area contributed by atoms with E-state index in [2.05, 4.69) is 12.2 Å². The number of amides is 1. The van der Waals surface area contributed by atoms with Gasteiger partial charge >= 0.3 is 0 Å². The van der Waals surface area contributed by atoms with Gasteiger partial charge in [-0.05, 0) is 36.8 Å². The van der Waals surface area contributed by atoms with Crippen LogP contribution in [0.4, 0.5) is 5.69 Å². The largest absolute Gasteiger partial charge is 0.497 e. The minimum absolute atomic E-state index is 0.189. The second kappa shape index (κ2) is 9.69. The average molecular weight is 343 g/mol. The molecule has 0 spiro atoms. The van der Waals surface area contributed by atoms with Gasteiger partial charge in [0.15, 0.2) is 0 Å². The highest BCUT2D eigenvalue weighted by Crippen LogP contribution is 2.22. The fraction of sp³-hybridized carbons (Fsp3) is 0.350. The van der Waals surface area contributed by atoms with E-state index in [9.17, 15) is 4.79 Å². The molecule has 2 rings (SSSR count). The van der Waals surface area contributed by atoms with Gasteiger partial charge in [-0.15, -0.1) is 0 Å². The van der Waals surface area contributed by atoms with Crippen molar-refractivity contribution in [2.24, 2.45) is 0 Å². The molecule has 0 aliphatic rings. The fourth-order valence-electron chi connectivity index (χ4n) is 2.37. The lowest BCUT2D eigenvalue weighted by atomic mass is 10.1. The fourth-order valence-corrected chi connectivity index (χ4v) is 2.37. The van der Waals surface area contributed by atoms with Crippen LogP contribution in [-0.2, 0) is 11.3 Å². The number of unbranched alkanes of at least 4 members (excludes halogenated alkanes) is 1. The van der Waals surface area contributed by atoms with Crippen molar-refractivity contribution < 1.29 is 19.0 Å². The van der Waals surface area contributed by atoms with Crippen LogP contribution in [-0.4, -0.2) is 26.7 Å². The molecule has 0 radical (unpaired) electrons. The summed E-state index contributed by atoms with van der Waals surface area (Å²) >= 11 is 0. The first-order valence-corrected chi connectivity index (χ1v) is 8.38. The maximum atomic E-state index is 12.5. The molecule has 0 aliphatic heterocycles. The molecule has 5 nitrogen and oxygen atoms in total. The first-order valence-electron chi connectivity index (χ1n) is 8.38. The number of nitrogens with one attached hydrogen (secondary N) is 1. The van der Waals surface area contributed by atoms with E-state index >= 15 is 0 Å². The summed E-state index contributed by atoms with van der Waals surface area (Å²) in [6.45, 7) is 3.23. The Morgan fingerprint density at radius 2 is 1.92 bits per heavy atom. The van der Waals surface area contributed by atoms with Crippen LogP contribution < -0.4 is 14.8 Å². The number of carbonyl (C=O) groups excluding carboxylic acids is 1. The standard InChI is InChI=1S/C20H25NO4/c1-4-5-11-25-14-16-12-15(9-10-19(16)24-3)20(22)21-17-7-6-8-18(13-17)23-2/h6-10,12-13H,4-5,11,14H2,1-3H3,(H,21,22). The molecule has 0 aliphatic carbocycles. The summed E-state index contributed by atoms with van der Waals surface area (Å²) in [5.41, 5.74) is 2.09. The second-order valence-electron chi connectivity index (χ2n) is 5.62. The van der Waals surface area contributed by atoms with Crippen molar-refractivity contribution in [3.05, 3.63) is 53.6 Å². The van der Waals surface area contributed by atoms with Gasteiger partial charge in [0.1, 0.15) is 11.5 Å². The highest BCUT2D eigenvalue weighted by atomic mass is 16.5. The van der Waals surface area contributed by atoms with E-state index in [1.807, 2.05) is 18.2 Å². The van der Waals surface area contributed by atoms with Crippen molar-refractivity contribution in [3.8, 4) is 11.5 Å². The van der Waals surface area contributed by atoms with Crippen LogP contribution in [0.15, 0.2) is 42.5 Å². The molecule has 0 heterocycles. The van der Waals surface area contributed by atoms with E-state index in [4.69, 9.17) is 14.2 Å². The number of benzene rings is 2. The van der Waals surface area contributed by atoms with Crippen LogP contribution in [0.2, 0.25) is 0 Å². The monoisotopic (exact) mass is 343 g/mol. The molecule has 134 valence electrons. The number of hydrogen-bond donors (Lipinski definition) is 1.